The van der Waals surface area contributed by atoms with Crippen molar-refractivity contribution in [2.24, 2.45) is 0 Å². The summed E-state index contributed by atoms with van der Waals surface area (Å²) in [6.07, 6.45) is 4.61. The van der Waals surface area contributed by atoms with Crippen LogP contribution in [0, 0.1) is 0 Å². The van der Waals surface area contributed by atoms with Crippen molar-refractivity contribution in [1.29, 1.82) is 0 Å². The molecule has 2 aliphatic heterocycles. The number of anilines is 1. The summed E-state index contributed by atoms with van der Waals surface area (Å²) in [7, 11) is 1.59. The summed E-state index contributed by atoms with van der Waals surface area (Å²) in [5.41, 5.74) is 6.91. The van der Waals surface area contributed by atoms with E-state index in [1.165, 1.54) is 19.4 Å². The Hall–Kier alpha value is -1.75. The van der Waals surface area contributed by atoms with Crippen LogP contribution in [0.15, 0.2) is 18.2 Å². The number of carbonyl (C=O) groups excluding carboxylic acids is 1. The number of piperidine rings is 1. The summed E-state index contributed by atoms with van der Waals surface area (Å²) in [4.78, 5) is 15.0. The first-order valence-corrected chi connectivity index (χ1v) is 7.66. The van der Waals surface area contributed by atoms with Crippen molar-refractivity contribution in [3.63, 3.8) is 0 Å². The molecule has 0 aliphatic carbocycles. The van der Waals surface area contributed by atoms with Crippen LogP contribution in [0.4, 0.5) is 5.69 Å². The average Bonchev–Trinajstić information content (AvgIpc) is 2.95. The second-order valence-corrected chi connectivity index (χ2v) is 5.98. The number of ether oxygens (including phenoxy) is 1. The SMILES string of the molecule is COc1ccc(N)c(C(=O)NC2CCN3CCCC3C2)c1. The van der Waals surface area contributed by atoms with Gasteiger partial charge in [-0.2, -0.15) is 0 Å². The van der Waals surface area contributed by atoms with Crippen molar-refractivity contribution in [2.45, 2.75) is 37.8 Å². The lowest BCUT2D eigenvalue weighted by Crippen LogP contribution is -2.47. The molecule has 2 fully saturated rings. The lowest BCUT2D eigenvalue weighted by atomic mass is 9.97. The molecule has 0 aromatic heterocycles. The number of rotatable bonds is 3. The monoisotopic (exact) mass is 289 g/mol. The summed E-state index contributed by atoms with van der Waals surface area (Å²) in [5, 5.41) is 3.14. The van der Waals surface area contributed by atoms with Gasteiger partial charge in [-0.15, -0.1) is 0 Å². The third kappa shape index (κ3) is 2.97. The highest BCUT2D eigenvalue weighted by Crippen LogP contribution is 2.27. The molecule has 0 bridgehead atoms. The van der Waals surface area contributed by atoms with E-state index in [-0.39, 0.29) is 11.9 Å². The number of nitrogens with one attached hydrogen (secondary N) is 1. The number of nitrogens with two attached hydrogens (primary N) is 1. The van der Waals surface area contributed by atoms with E-state index < -0.39 is 0 Å². The minimum atomic E-state index is -0.0946. The minimum Gasteiger partial charge on any atom is -0.497 e. The predicted molar refractivity (Wildman–Crippen MR) is 82.5 cm³/mol. The van der Waals surface area contributed by atoms with Crippen LogP contribution in [-0.2, 0) is 0 Å². The molecule has 1 aromatic rings. The van der Waals surface area contributed by atoms with Gasteiger partial charge in [0.05, 0.1) is 12.7 Å². The molecular formula is C16H23N3O2. The molecule has 0 spiro atoms. The maximum atomic E-state index is 12.4. The maximum Gasteiger partial charge on any atom is 0.253 e. The Morgan fingerprint density at radius 2 is 2.24 bits per heavy atom. The highest BCUT2D eigenvalue weighted by molar-refractivity contribution is 5.99. The first-order valence-electron chi connectivity index (χ1n) is 7.66. The number of nitrogen functional groups attached to an aromatic ring is 1. The number of amides is 1. The number of hydrogen-bond acceptors (Lipinski definition) is 4. The first kappa shape index (κ1) is 14.2. The highest BCUT2D eigenvalue weighted by atomic mass is 16.5. The number of methoxy groups -OCH3 is 1. The van der Waals surface area contributed by atoms with E-state index >= 15 is 0 Å². The topological polar surface area (TPSA) is 67.6 Å². The molecule has 21 heavy (non-hydrogen) atoms. The Bertz CT molecular complexity index is 532. The summed E-state index contributed by atoms with van der Waals surface area (Å²) in [5.74, 6) is 0.558. The molecule has 3 rings (SSSR count). The van der Waals surface area contributed by atoms with Crippen molar-refractivity contribution in [1.82, 2.24) is 10.2 Å². The third-order valence-electron chi connectivity index (χ3n) is 4.66. The number of benzene rings is 1. The molecule has 1 amide bonds. The van der Waals surface area contributed by atoms with Gasteiger partial charge in [0, 0.05) is 24.3 Å². The highest BCUT2D eigenvalue weighted by Gasteiger charge is 2.32. The molecule has 2 aliphatic rings. The molecule has 5 heteroatoms. The molecule has 5 nitrogen and oxygen atoms in total. The van der Waals surface area contributed by atoms with Gasteiger partial charge in [0.2, 0.25) is 0 Å². The summed E-state index contributed by atoms with van der Waals surface area (Å²) in [6, 6.07) is 6.08. The standard InChI is InChI=1S/C16H23N3O2/c1-21-13-4-5-15(17)14(10-13)16(20)18-11-6-8-19-7-2-3-12(19)9-11/h4-5,10-12H,2-3,6-9,17H2,1H3,(H,18,20). The molecule has 114 valence electrons. The summed E-state index contributed by atoms with van der Waals surface area (Å²) < 4.78 is 5.16. The normalized spacial score (nSPS) is 25.4. The molecule has 0 saturated carbocycles. The Labute approximate surface area is 125 Å². The molecule has 3 N–H and O–H groups in total. The zero-order chi connectivity index (χ0) is 14.8. The van der Waals surface area contributed by atoms with Crippen LogP contribution in [0.2, 0.25) is 0 Å². The van der Waals surface area contributed by atoms with Crippen LogP contribution in [0.5, 0.6) is 5.75 Å². The van der Waals surface area contributed by atoms with Crippen molar-refractivity contribution in [2.75, 3.05) is 25.9 Å². The Kier molecular flexibility index (Phi) is 4.01. The second kappa shape index (κ2) is 5.93. The van der Waals surface area contributed by atoms with Gasteiger partial charge in [-0.3, -0.25) is 4.79 Å². The second-order valence-electron chi connectivity index (χ2n) is 5.98. The average molecular weight is 289 g/mol. The van der Waals surface area contributed by atoms with E-state index in [9.17, 15) is 4.79 Å². The van der Waals surface area contributed by atoms with Crippen LogP contribution in [-0.4, -0.2) is 43.1 Å². The minimum absolute atomic E-state index is 0.0946. The molecule has 2 unspecified atom stereocenters. The van der Waals surface area contributed by atoms with Crippen LogP contribution < -0.4 is 15.8 Å². The predicted octanol–water partition coefficient (Wildman–Crippen LogP) is 1.63. The van der Waals surface area contributed by atoms with E-state index in [4.69, 9.17) is 10.5 Å². The number of fused-ring (bicyclic) bond motifs is 1. The van der Waals surface area contributed by atoms with Gasteiger partial charge in [-0.05, 0) is 50.4 Å². The number of nitrogens with zero attached hydrogens (tertiary/aromatic N) is 1. The summed E-state index contributed by atoms with van der Waals surface area (Å²) >= 11 is 0. The fraction of sp³-hybridized carbons (Fsp3) is 0.562. The smallest absolute Gasteiger partial charge is 0.253 e. The third-order valence-corrected chi connectivity index (χ3v) is 4.66. The van der Waals surface area contributed by atoms with Gasteiger partial charge in [0.15, 0.2) is 0 Å². The maximum absolute atomic E-state index is 12.4. The van der Waals surface area contributed by atoms with E-state index in [1.54, 1.807) is 25.3 Å². The van der Waals surface area contributed by atoms with Gasteiger partial charge in [-0.1, -0.05) is 0 Å². The Morgan fingerprint density at radius 1 is 1.38 bits per heavy atom. The Morgan fingerprint density at radius 3 is 3.05 bits per heavy atom. The first-order chi connectivity index (χ1) is 10.2. The fourth-order valence-corrected chi connectivity index (χ4v) is 3.48. The molecule has 2 saturated heterocycles. The Balaban J connectivity index is 1.66. The van der Waals surface area contributed by atoms with Gasteiger partial charge in [-0.25, -0.2) is 0 Å². The van der Waals surface area contributed by atoms with Crippen LogP contribution in [0.3, 0.4) is 0 Å². The zero-order valence-electron chi connectivity index (χ0n) is 12.5. The van der Waals surface area contributed by atoms with Crippen molar-refractivity contribution >= 4 is 11.6 Å². The van der Waals surface area contributed by atoms with Gasteiger partial charge >= 0.3 is 0 Å². The molecule has 2 atom stereocenters. The molecule has 2 heterocycles. The van der Waals surface area contributed by atoms with Crippen molar-refractivity contribution in [3.8, 4) is 5.75 Å². The fourth-order valence-electron chi connectivity index (χ4n) is 3.48. The number of carbonyl (C=O) groups is 1. The van der Waals surface area contributed by atoms with Gasteiger partial charge in [0.25, 0.3) is 5.91 Å². The van der Waals surface area contributed by atoms with Gasteiger partial charge < -0.3 is 20.7 Å². The van der Waals surface area contributed by atoms with E-state index in [1.807, 2.05) is 0 Å². The van der Waals surface area contributed by atoms with Crippen LogP contribution in [0.1, 0.15) is 36.0 Å². The lowest BCUT2D eigenvalue weighted by Gasteiger charge is -2.35. The van der Waals surface area contributed by atoms with Crippen LogP contribution >= 0.6 is 0 Å². The lowest BCUT2D eigenvalue weighted by molar-refractivity contribution is 0.0897. The van der Waals surface area contributed by atoms with Gasteiger partial charge in [0.1, 0.15) is 5.75 Å². The van der Waals surface area contributed by atoms with Crippen molar-refractivity contribution < 1.29 is 9.53 Å². The van der Waals surface area contributed by atoms with E-state index in [0.717, 1.165) is 19.4 Å². The van der Waals surface area contributed by atoms with E-state index in [2.05, 4.69) is 10.2 Å². The quantitative estimate of drug-likeness (QED) is 0.830. The summed E-state index contributed by atoms with van der Waals surface area (Å²) in [6.45, 7) is 2.30. The molecule has 1 aromatic carbocycles. The molecular weight excluding hydrogens is 266 g/mol. The number of hydrogen-bond donors (Lipinski definition) is 2. The van der Waals surface area contributed by atoms with Crippen LogP contribution in [0.25, 0.3) is 0 Å². The van der Waals surface area contributed by atoms with E-state index in [0.29, 0.717) is 23.0 Å². The zero-order valence-corrected chi connectivity index (χ0v) is 12.5. The largest absolute Gasteiger partial charge is 0.497 e. The molecule has 0 radical (unpaired) electrons. The van der Waals surface area contributed by atoms with Crippen molar-refractivity contribution in [3.05, 3.63) is 23.8 Å².